The fraction of sp³-hybridized carbons (Fsp3) is 0.273. The van der Waals surface area contributed by atoms with Crippen molar-refractivity contribution in [2.45, 2.75) is 13.0 Å². The maximum atomic E-state index is 5.41. The molecule has 0 heterocycles. The average Bonchev–Trinajstić information content (AvgIpc) is 2.20. The van der Waals surface area contributed by atoms with Crippen LogP contribution in [-0.2, 0) is 0 Å². The summed E-state index contributed by atoms with van der Waals surface area (Å²) < 4.78 is 5.24. The molecule has 1 unspecified atom stereocenters. The number of nitrogens with one attached hydrogen (secondary N) is 1. The number of methoxy groups -OCH3 is 1. The highest BCUT2D eigenvalue weighted by atomic mass is 16.5. The lowest BCUT2D eigenvalue weighted by molar-refractivity contribution is 0.405. The van der Waals surface area contributed by atoms with Crippen molar-refractivity contribution in [2.24, 2.45) is 5.84 Å². The molecular formula is C11H16N2O. The molecule has 0 aromatic heterocycles. The number of aryl methyl sites for hydroxylation is 1. The van der Waals surface area contributed by atoms with E-state index in [-0.39, 0.29) is 6.04 Å². The molecule has 1 rings (SSSR count). The molecule has 1 aromatic carbocycles. The summed E-state index contributed by atoms with van der Waals surface area (Å²) >= 11 is 0. The Balaban J connectivity index is 3.14. The van der Waals surface area contributed by atoms with E-state index in [0.717, 1.165) is 11.3 Å². The van der Waals surface area contributed by atoms with Gasteiger partial charge in [-0.1, -0.05) is 23.8 Å². The van der Waals surface area contributed by atoms with E-state index in [2.05, 4.69) is 12.0 Å². The standard InChI is InChI=1S/C11H16N2O/c1-4-10(13-12)9-7-8(2)5-6-11(9)14-3/h4-7,10,13H,1,12H2,2-3H3. The molecule has 0 radical (unpaired) electrons. The van der Waals surface area contributed by atoms with Crippen molar-refractivity contribution in [3.05, 3.63) is 42.0 Å². The topological polar surface area (TPSA) is 47.3 Å². The summed E-state index contributed by atoms with van der Waals surface area (Å²) in [5.74, 6) is 6.23. The van der Waals surface area contributed by atoms with Gasteiger partial charge in [0.2, 0.25) is 0 Å². The first-order valence-electron chi connectivity index (χ1n) is 4.46. The molecule has 3 heteroatoms. The van der Waals surface area contributed by atoms with Gasteiger partial charge in [0, 0.05) is 5.56 Å². The van der Waals surface area contributed by atoms with Crippen molar-refractivity contribution in [3.8, 4) is 5.75 Å². The van der Waals surface area contributed by atoms with Crippen LogP contribution in [0.5, 0.6) is 5.75 Å². The maximum Gasteiger partial charge on any atom is 0.124 e. The monoisotopic (exact) mass is 192 g/mol. The second-order valence-electron chi connectivity index (χ2n) is 3.13. The first-order valence-corrected chi connectivity index (χ1v) is 4.46. The lowest BCUT2D eigenvalue weighted by atomic mass is 10.0. The summed E-state index contributed by atoms with van der Waals surface area (Å²) in [6.07, 6.45) is 1.75. The normalized spacial score (nSPS) is 12.2. The Morgan fingerprint density at radius 2 is 2.29 bits per heavy atom. The number of ether oxygens (including phenoxy) is 1. The van der Waals surface area contributed by atoms with Gasteiger partial charge in [0.05, 0.1) is 13.2 Å². The lowest BCUT2D eigenvalue weighted by Gasteiger charge is -2.15. The van der Waals surface area contributed by atoms with Crippen LogP contribution < -0.4 is 16.0 Å². The van der Waals surface area contributed by atoms with Gasteiger partial charge < -0.3 is 4.74 Å². The van der Waals surface area contributed by atoms with E-state index >= 15 is 0 Å². The Morgan fingerprint density at radius 3 is 2.79 bits per heavy atom. The van der Waals surface area contributed by atoms with Crippen molar-refractivity contribution in [2.75, 3.05) is 7.11 Å². The summed E-state index contributed by atoms with van der Waals surface area (Å²) in [5, 5.41) is 0. The van der Waals surface area contributed by atoms with Crippen molar-refractivity contribution in [1.29, 1.82) is 0 Å². The van der Waals surface area contributed by atoms with E-state index in [0.29, 0.717) is 0 Å². The van der Waals surface area contributed by atoms with Crippen LogP contribution in [0.3, 0.4) is 0 Å². The van der Waals surface area contributed by atoms with Gasteiger partial charge in [-0.15, -0.1) is 6.58 Å². The summed E-state index contributed by atoms with van der Waals surface area (Å²) in [6, 6.07) is 5.88. The van der Waals surface area contributed by atoms with Gasteiger partial charge in [-0.05, 0) is 13.0 Å². The molecular weight excluding hydrogens is 176 g/mol. The van der Waals surface area contributed by atoms with E-state index < -0.39 is 0 Å². The molecule has 0 fully saturated rings. The van der Waals surface area contributed by atoms with E-state index in [1.54, 1.807) is 13.2 Å². The number of rotatable bonds is 4. The highest BCUT2D eigenvalue weighted by molar-refractivity contribution is 5.40. The van der Waals surface area contributed by atoms with Gasteiger partial charge in [0.15, 0.2) is 0 Å². The van der Waals surface area contributed by atoms with Gasteiger partial charge in [-0.2, -0.15) is 0 Å². The molecule has 1 atom stereocenters. The van der Waals surface area contributed by atoms with Gasteiger partial charge >= 0.3 is 0 Å². The zero-order valence-electron chi connectivity index (χ0n) is 8.58. The third-order valence-corrected chi connectivity index (χ3v) is 2.14. The van der Waals surface area contributed by atoms with Crippen LogP contribution in [-0.4, -0.2) is 7.11 Å². The van der Waals surface area contributed by atoms with Crippen molar-refractivity contribution >= 4 is 0 Å². The first-order chi connectivity index (χ1) is 6.72. The molecule has 0 amide bonds. The second kappa shape index (κ2) is 4.79. The summed E-state index contributed by atoms with van der Waals surface area (Å²) in [6.45, 7) is 5.74. The maximum absolute atomic E-state index is 5.41. The SMILES string of the molecule is C=CC(NN)c1cc(C)ccc1OC. The van der Waals surface area contributed by atoms with Crippen LogP contribution >= 0.6 is 0 Å². The first kappa shape index (κ1) is 10.8. The summed E-state index contributed by atoms with van der Waals surface area (Å²) in [7, 11) is 1.64. The number of benzene rings is 1. The van der Waals surface area contributed by atoms with Crippen LogP contribution in [0.15, 0.2) is 30.9 Å². The minimum atomic E-state index is -0.0788. The van der Waals surface area contributed by atoms with Crippen LogP contribution in [0.25, 0.3) is 0 Å². The van der Waals surface area contributed by atoms with E-state index in [1.807, 2.05) is 25.1 Å². The predicted molar refractivity (Wildman–Crippen MR) is 58.0 cm³/mol. The quantitative estimate of drug-likeness (QED) is 0.433. The van der Waals surface area contributed by atoms with Gasteiger partial charge in [0.1, 0.15) is 5.75 Å². The molecule has 0 aliphatic rings. The van der Waals surface area contributed by atoms with Crippen LogP contribution in [0, 0.1) is 6.92 Å². The Kier molecular flexibility index (Phi) is 3.68. The van der Waals surface area contributed by atoms with E-state index in [4.69, 9.17) is 10.6 Å². The number of hydrogen-bond donors (Lipinski definition) is 2. The summed E-state index contributed by atoms with van der Waals surface area (Å²) in [4.78, 5) is 0. The highest BCUT2D eigenvalue weighted by Gasteiger charge is 2.10. The number of hydrogen-bond acceptors (Lipinski definition) is 3. The highest BCUT2D eigenvalue weighted by Crippen LogP contribution is 2.26. The Hall–Kier alpha value is -1.32. The predicted octanol–water partition coefficient (Wildman–Crippen LogP) is 1.69. The van der Waals surface area contributed by atoms with Crippen LogP contribution in [0.2, 0.25) is 0 Å². The molecule has 0 saturated carbocycles. The molecule has 0 saturated heterocycles. The molecule has 0 aliphatic carbocycles. The average molecular weight is 192 g/mol. The second-order valence-corrected chi connectivity index (χ2v) is 3.13. The van der Waals surface area contributed by atoms with E-state index in [9.17, 15) is 0 Å². The van der Waals surface area contributed by atoms with E-state index in [1.165, 1.54) is 5.56 Å². The Labute approximate surface area is 84.5 Å². The Bertz CT molecular complexity index is 323. The molecule has 76 valence electrons. The molecule has 14 heavy (non-hydrogen) atoms. The molecule has 0 aliphatic heterocycles. The largest absolute Gasteiger partial charge is 0.496 e. The minimum Gasteiger partial charge on any atom is -0.496 e. The smallest absolute Gasteiger partial charge is 0.124 e. The zero-order chi connectivity index (χ0) is 10.6. The molecule has 0 spiro atoms. The van der Waals surface area contributed by atoms with Crippen molar-refractivity contribution in [3.63, 3.8) is 0 Å². The molecule has 1 aromatic rings. The van der Waals surface area contributed by atoms with Gasteiger partial charge in [0.25, 0.3) is 0 Å². The van der Waals surface area contributed by atoms with Gasteiger partial charge in [-0.3, -0.25) is 5.84 Å². The Morgan fingerprint density at radius 1 is 1.57 bits per heavy atom. The molecule has 3 N–H and O–H groups in total. The number of hydrazine groups is 1. The molecule has 3 nitrogen and oxygen atoms in total. The van der Waals surface area contributed by atoms with Gasteiger partial charge in [-0.25, -0.2) is 5.43 Å². The fourth-order valence-corrected chi connectivity index (χ4v) is 1.38. The molecule has 0 bridgehead atoms. The fourth-order valence-electron chi connectivity index (χ4n) is 1.38. The third-order valence-electron chi connectivity index (χ3n) is 2.14. The van der Waals surface area contributed by atoms with Crippen molar-refractivity contribution in [1.82, 2.24) is 5.43 Å². The van der Waals surface area contributed by atoms with Crippen LogP contribution in [0.4, 0.5) is 0 Å². The van der Waals surface area contributed by atoms with Crippen LogP contribution in [0.1, 0.15) is 17.2 Å². The third kappa shape index (κ3) is 2.13. The van der Waals surface area contributed by atoms with Crippen molar-refractivity contribution < 1.29 is 4.74 Å². The summed E-state index contributed by atoms with van der Waals surface area (Å²) in [5.41, 5.74) is 4.85. The minimum absolute atomic E-state index is 0.0788. The lowest BCUT2D eigenvalue weighted by Crippen LogP contribution is -2.26. The zero-order valence-corrected chi connectivity index (χ0v) is 8.58. The number of nitrogens with two attached hydrogens (primary N) is 1.